The Labute approximate surface area is 141 Å². The molecule has 2 rings (SSSR count). The first kappa shape index (κ1) is 19.7. The predicted octanol–water partition coefficient (Wildman–Crippen LogP) is 2.92. The second-order valence-corrected chi connectivity index (χ2v) is 7.45. The van der Waals surface area contributed by atoms with E-state index in [1.807, 2.05) is 0 Å². The van der Waals surface area contributed by atoms with Crippen molar-refractivity contribution in [1.82, 2.24) is 10.0 Å². The third-order valence-electron chi connectivity index (χ3n) is 3.17. The first-order valence-electron chi connectivity index (χ1n) is 6.29. The van der Waals surface area contributed by atoms with E-state index < -0.39 is 21.8 Å². The van der Waals surface area contributed by atoms with E-state index in [0.717, 1.165) is 6.07 Å². The molecule has 1 aromatic rings. The van der Waals surface area contributed by atoms with Crippen molar-refractivity contribution in [1.29, 1.82) is 0 Å². The van der Waals surface area contributed by atoms with Gasteiger partial charge >= 0.3 is 6.18 Å². The van der Waals surface area contributed by atoms with Crippen LogP contribution in [0.4, 0.5) is 13.2 Å². The molecule has 1 aliphatic rings. The molecule has 2 N–H and O–H groups in total. The van der Waals surface area contributed by atoms with Gasteiger partial charge in [-0.05, 0) is 44.1 Å². The molecule has 4 nitrogen and oxygen atoms in total. The van der Waals surface area contributed by atoms with Crippen molar-refractivity contribution in [3.8, 4) is 0 Å². The van der Waals surface area contributed by atoms with Crippen LogP contribution in [0.2, 0.25) is 0 Å². The Hall–Kier alpha value is -0.350. The van der Waals surface area contributed by atoms with Crippen LogP contribution >= 0.6 is 28.3 Å². The lowest BCUT2D eigenvalue weighted by Gasteiger charge is -2.23. The zero-order valence-corrected chi connectivity index (χ0v) is 14.5. The summed E-state index contributed by atoms with van der Waals surface area (Å²) in [5, 5.41) is 3.09. The fourth-order valence-corrected chi connectivity index (χ4v) is 4.13. The highest BCUT2D eigenvalue weighted by molar-refractivity contribution is 9.10. The predicted molar refractivity (Wildman–Crippen MR) is 82.6 cm³/mol. The van der Waals surface area contributed by atoms with Gasteiger partial charge < -0.3 is 5.32 Å². The van der Waals surface area contributed by atoms with E-state index in [9.17, 15) is 21.6 Å². The third-order valence-corrected chi connectivity index (χ3v) is 5.13. The molecule has 1 saturated heterocycles. The van der Waals surface area contributed by atoms with Crippen LogP contribution in [0.3, 0.4) is 0 Å². The van der Waals surface area contributed by atoms with Crippen LogP contribution in [0.15, 0.2) is 27.6 Å². The van der Waals surface area contributed by atoms with Crippen molar-refractivity contribution in [3.05, 3.63) is 28.2 Å². The van der Waals surface area contributed by atoms with Gasteiger partial charge in [0.1, 0.15) is 0 Å². The monoisotopic (exact) mass is 422 g/mol. The number of rotatable bonds is 3. The van der Waals surface area contributed by atoms with Gasteiger partial charge in [-0.3, -0.25) is 0 Å². The third kappa shape index (κ3) is 5.09. The molecule has 1 aliphatic heterocycles. The van der Waals surface area contributed by atoms with Crippen LogP contribution in [0, 0.1) is 0 Å². The van der Waals surface area contributed by atoms with E-state index in [2.05, 4.69) is 26.0 Å². The Balaban J connectivity index is 0.00000242. The first-order valence-corrected chi connectivity index (χ1v) is 8.57. The number of hydrogen-bond acceptors (Lipinski definition) is 3. The Bertz CT molecular complexity index is 619. The summed E-state index contributed by atoms with van der Waals surface area (Å²) < 4.78 is 65.2. The van der Waals surface area contributed by atoms with E-state index in [0.29, 0.717) is 32.0 Å². The number of hydrogen-bond donors (Lipinski definition) is 2. The van der Waals surface area contributed by atoms with Gasteiger partial charge in [0.25, 0.3) is 0 Å². The van der Waals surface area contributed by atoms with Crippen LogP contribution < -0.4 is 10.0 Å². The molecule has 0 radical (unpaired) electrons. The first-order chi connectivity index (χ1) is 9.68. The van der Waals surface area contributed by atoms with E-state index in [1.54, 1.807) is 0 Å². The molecular formula is C12H15BrClF3N2O2S. The summed E-state index contributed by atoms with van der Waals surface area (Å²) >= 11 is 2.92. The summed E-state index contributed by atoms with van der Waals surface area (Å²) in [6.45, 7) is 1.36. The quantitative estimate of drug-likeness (QED) is 0.786. The maximum absolute atomic E-state index is 12.8. The molecule has 10 heteroatoms. The van der Waals surface area contributed by atoms with E-state index in [-0.39, 0.29) is 27.8 Å². The molecular weight excluding hydrogens is 409 g/mol. The number of alkyl halides is 3. The molecule has 1 heterocycles. The van der Waals surface area contributed by atoms with Crippen LogP contribution in [0.1, 0.15) is 18.4 Å². The molecule has 0 atom stereocenters. The molecule has 22 heavy (non-hydrogen) atoms. The van der Waals surface area contributed by atoms with Crippen LogP contribution in [-0.4, -0.2) is 27.5 Å². The lowest BCUT2D eigenvalue weighted by atomic mass is 10.1. The van der Waals surface area contributed by atoms with Gasteiger partial charge in [-0.1, -0.05) is 15.9 Å². The highest BCUT2D eigenvalue weighted by atomic mass is 79.9. The molecule has 0 spiro atoms. The number of piperidine rings is 1. The van der Waals surface area contributed by atoms with Crippen molar-refractivity contribution in [2.24, 2.45) is 0 Å². The zero-order chi connectivity index (χ0) is 15.7. The number of benzene rings is 1. The van der Waals surface area contributed by atoms with Crippen molar-refractivity contribution in [2.75, 3.05) is 13.1 Å². The Morgan fingerprint density at radius 3 is 2.32 bits per heavy atom. The molecule has 126 valence electrons. The second-order valence-electron chi connectivity index (χ2n) is 4.82. The molecule has 0 unspecified atom stereocenters. The summed E-state index contributed by atoms with van der Waals surface area (Å²) in [6, 6.07) is 2.40. The summed E-state index contributed by atoms with van der Waals surface area (Å²) in [5.41, 5.74) is -0.998. The SMILES string of the molecule is Cl.O=S(=O)(NC1CCNCC1)c1cc(Br)cc(C(F)(F)F)c1. The second kappa shape index (κ2) is 7.48. The largest absolute Gasteiger partial charge is 0.416 e. The maximum Gasteiger partial charge on any atom is 0.416 e. The minimum absolute atomic E-state index is 0. The van der Waals surface area contributed by atoms with Gasteiger partial charge in [-0.15, -0.1) is 12.4 Å². The average molecular weight is 424 g/mol. The number of nitrogens with one attached hydrogen (secondary N) is 2. The topological polar surface area (TPSA) is 58.2 Å². The fraction of sp³-hybridized carbons (Fsp3) is 0.500. The van der Waals surface area contributed by atoms with Gasteiger partial charge in [0.05, 0.1) is 10.5 Å². The molecule has 0 bridgehead atoms. The molecule has 0 amide bonds. The van der Waals surface area contributed by atoms with Crippen LogP contribution in [0.25, 0.3) is 0 Å². The van der Waals surface area contributed by atoms with Gasteiger partial charge in [0.2, 0.25) is 10.0 Å². The Kier molecular flexibility index (Phi) is 6.70. The lowest BCUT2D eigenvalue weighted by molar-refractivity contribution is -0.137. The van der Waals surface area contributed by atoms with Crippen LogP contribution in [-0.2, 0) is 16.2 Å². The van der Waals surface area contributed by atoms with Gasteiger partial charge in [0, 0.05) is 10.5 Å². The highest BCUT2D eigenvalue weighted by Crippen LogP contribution is 2.33. The van der Waals surface area contributed by atoms with Crippen molar-refractivity contribution < 1.29 is 21.6 Å². The summed E-state index contributed by atoms with van der Waals surface area (Å²) in [5.74, 6) is 0. The Morgan fingerprint density at radius 2 is 1.77 bits per heavy atom. The van der Waals surface area contributed by atoms with Crippen molar-refractivity contribution in [3.63, 3.8) is 0 Å². The zero-order valence-electron chi connectivity index (χ0n) is 11.3. The van der Waals surface area contributed by atoms with Crippen molar-refractivity contribution in [2.45, 2.75) is 30.0 Å². The average Bonchev–Trinajstić information content (AvgIpc) is 2.37. The molecule has 0 aromatic heterocycles. The normalized spacial score (nSPS) is 17.1. The summed E-state index contributed by atoms with van der Waals surface area (Å²) in [4.78, 5) is -0.386. The van der Waals surface area contributed by atoms with Crippen LogP contribution in [0.5, 0.6) is 0 Å². The number of sulfonamides is 1. The van der Waals surface area contributed by atoms with E-state index >= 15 is 0 Å². The van der Waals surface area contributed by atoms with Crippen molar-refractivity contribution >= 4 is 38.4 Å². The molecule has 1 aromatic carbocycles. The highest BCUT2D eigenvalue weighted by Gasteiger charge is 2.33. The van der Waals surface area contributed by atoms with E-state index in [1.165, 1.54) is 6.07 Å². The standard InChI is InChI=1S/C12H14BrF3N2O2S.ClH/c13-9-5-8(12(14,15)16)6-11(7-9)21(19,20)18-10-1-3-17-4-2-10;/h5-7,10,17-18H,1-4H2;1H. The minimum atomic E-state index is -4.59. The van der Waals surface area contributed by atoms with Gasteiger partial charge in [0.15, 0.2) is 0 Å². The summed E-state index contributed by atoms with van der Waals surface area (Å²) in [6.07, 6.45) is -3.37. The lowest BCUT2D eigenvalue weighted by Crippen LogP contribution is -2.42. The smallest absolute Gasteiger partial charge is 0.317 e. The van der Waals surface area contributed by atoms with Gasteiger partial charge in [-0.25, -0.2) is 13.1 Å². The van der Waals surface area contributed by atoms with Gasteiger partial charge in [-0.2, -0.15) is 13.2 Å². The maximum atomic E-state index is 12.8. The summed E-state index contributed by atoms with van der Waals surface area (Å²) in [7, 11) is -3.97. The minimum Gasteiger partial charge on any atom is -0.317 e. The number of halogens is 5. The molecule has 0 saturated carbocycles. The molecule has 0 aliphatic carbocycles. The molecule has 1 fully saturated rings. The fourth-order valence-electron chi connectivity index (χ4n) is 2.11. The van der Waals surface area contributed by atoms with E-state index in [4.69, 9.17) is 0 Å². The Morgan fingerprint density at radius 1 is 1.18 bits per heavy atom.